The average molecular weight is 413 g/mol. The van der Waals surface area contributed by atoms with Crippen molar-refractivity contribution in [3.63, 3.8) is 0 Å². The summed E-state index contributed by atoms with van der Waals surface area (Å²) in [5, 5.41) is 10.4. The van der Waals surface area contributed by atoms with E-state index in [2.05, 4.69) is 13.0 Å². The van der Waals surface area contributed by atoms with Crippen LogP contribution in [-0.2, 0) is 9.53 Å². The molecule has 1 rings (SSSR count). The summed E-state index contributed by atoms with van der Waals surface area (Å²) < 4.78 is 5.02. The molecule has 164 valence electrons. The summed E-state index contributed by atoms with van der Waals surface area (Å²) in [6, 6.07) is 0. The summed E-state index contributed by atoms with van der Waals surface area (Å²) in [6.45, 7) is 4.53. The first-order valence-corrected chi connectivity index (χ1v) is 12.9. The fraction of sp³-hybridized carbons (Fsp3) is 0.875. The molecule has 0 aliphatic heterocycles. The van der Waals surface area contributed by atoms with Gasteiger partial charge in [-0.2, -0.15) is 0 Å². The molecule has 0 spiro atoms. The van der Waals surface area contributed by atoms with Gasteiger partial charge < -0.3 is 9.84 Å². The van der Waals surface area contributed by atoms with Crippen molar-refractivity contribution in [1.29, 1.82) is 0 Å². The van der Waals surface area contributed by atoms with E-state index >= 15 is 0 Å². The molecule has 0 aromatic rings. The minimum Gasteiger partial charge on any atom is -0.465 e. The molecule has 0 radical (unpaired) electrons. The van der Waals surface area contributed by atoms with Gasteiger partial charge in [0, 0.05) is 0 Å². The van der Waals surface area contributed by atoms with Crippen LogP contribution in [-0.4, -0.2) is 34.8 Å². The Morgan fingerprint density at radius 1 is 1.04 bits per heavy atom. The van der Waals surface area contributed by atoms with Crippen molar-refractivity contribution < 1.29 is 14.6 Å². The first kappa shape index (κ1) is 25.6. The molecule has 1 saturated carbocycles. The van der Waals surface area contributed by atoms with E-state index in [0.29, 0.717) is 12.4 Å². The number of carbonyl (C=O) groups excluding carboxylic acids is 1. The van der Waals surface area contributed by atoms with Gasteiger partial charge in [-0.25, -0.2) is 0 Å². The second-order valence-corrected chi connectivity index (χ2v) is 9.23. The highest BCUT2D eigenvalue weighted by Gasteiger charge is 2.28. The topological polar surface area (TPSA) is 46.5 Å². The highest BCUT2D eigenvalue weighted by molar-refractivity contribution is 8.00. The number of allylic oxidation sites excluding steroid dienone is 1. The molecule has 4 heteroatoms. The number of unbranched alkanes of at least 4 members (excludes halogenated alkanes) is 11. The summed E-state index contributed by atoms with van der Waals surface area (Å²) in [7, 11) is 0. The zero-order chi connectivity index (χ0) is 20.5. The molecule has 28 heavy (non-hydrogen) atoms. The molecule has 0 bridgehead atoms. The van der Waals surface area contributed by atoms with Crippen LogP contribution in [0.4, 0.5) is 0 Å². The highest BCUT2D eigenvalue weighted by atomic mass is 32.2. The van der Waals surface area contributed by atoms with Crippen LogP contribution in [0.2, 0.25) is 0 Å². The van der Waals surface area contributed by atoms with Gasteiger partial charge in [-0.3, -0.25) is 4.79 Å². The van der Waals surface area contributed by atoms with Gasteiger partial charge in [-0.1, -0.05) is 82.8 Å². The Hall–Kier alpha value is -0.480. The normalized spacial score (nSPS) is 21.2. The molecule has 1 fully saturated rings. The fourth-order valence-corrected chi connectivity index (χ4v) is 5.13. The Kier molecular flexibility index (Phi) is 15.9. The summed E-state index contributed by atoms with van der Waals surface area (Å²) in [6.07, 6.45) is 21.2. The third-order valence-electron chi connectivity index (χ3n) is 5.58. The predicted octanol–water partition coefficient (Wildman–Crippen LogP) is 6.82. The molecular formula is C24H44O3S. The van der Waals surface area contributed by atoms with Crippen molar-refractivity contribution in [2.24, 2.45) is 0 Å². The molecule has 1 N–H and O–H groups in total. The molecule has 0 amide bonds. The lowest BCUT2D eigenvalue weighted by Gasteiger charge is -2.30. The molecule has 0 heterocycles. The van der Waals surface area contributed by atoms with Gasteiger partial charge in [0.05, 0.1) is 23.7 Å². The van der Waals surface area contributed by atoms with Crippen LogP contribution < -0.4 is 0 Å². The van der Waals surface area contributed by atoms with E-state index in [4.69, 9.17) is 4.74 Å². The number of aliphatic hydroxyl groups excluding tert-OH is 1. The van der Waals surface area contributed by atoms with Crippen LogP contribution >= 0.6 is 11.8 Å². The van der Waals surface area contributed by atoms with Gasteiger partial charge in [0.25, 0.3) is 0 Å². The minimum absolute atomic E-state index is 0.0749. The molecule has 2 unspecified atom stereocenters. The maximum atomic E-state index is 11.6. The highest BCUT2D eigenvalue weighted by Crippen LogP contribution is 2.34. The fourth-order valence-electron chi connectivity index (χ4n) is 3.95. The maximum Gasteiger partial charge on any atom is 0.315 e. The molecule has 2 atom stereocenters. The standard InChI is InChI=1S/C24H44O3S/c1-3-5-6-7-8-9-10-11-12-13-14-15-17-21-18-16-19-22(25)24(21)28-20-23(26)27-4-2/h17,22,24-25H,3-16,18-20H2,1-2H3. The number of carbonyl (C=O) groups is 1. The third-order valence-corrected chi connectivity index (χ3v) is 6.96. The third kappa shape index (κ3) is 12.2. The number of esters is 1. The molecule has 1 aliphatic carbocycles. The Balaban J connectivity index is 2.14. The van der Waals surface area contributed by atoms with Crippen LogP contribution in [0.1, 0.15) is 110 Å². The lowest BCUT2D eigenvalue weighted by atomic mass is 9.91. The van der Waals surface area contributed by atoms with Crippen LogP contribution in [0.3, 0.4) is 0 Å². The number of thioether (sulfide) groups is 1. The minimum atomic E-state index is -0.322. The largest absolute Gasteiger partial charge is 0.465 e. The van der Waals surface area contributed by atoms with E-state index in [1.807, 2.05) is 6.92 Å². The van der Waals surface area contributed by atoms with E-state index in [1.165, 1.54) is 76.2 Å². The summed E-state index contributed by atoms with van der Waals surface area (Å²) in [4.78, 5) is 11.6. The van der Waals surface area contributed by atoms with Gasteiger partial charge in [-0.15, -0.1) is 11.8 Å². The zero-order valence-electron chi connectivity index (χ0n) is 18.4. The van der Waals surface area contributed by atoms with Crippen LogP contribution in [0.5, 0.6) is 0 Å². The average Bonchev–Trinajstić information content (AvgIpc) is 2.68. The first-order valence-electron chi connectivity index (χ1n) is 11.8. The van der Waals surface area contributed by atoms with Crippen molar-refractivity contribution in [3.05, 3.63) is 11.6 Å². The van der Waals surface area contributed by atoms with Gasteiger partial charge in [0.15, 0.2) is 0 Å². The molecule has 0 aromatic carbocycles. The van der Waals surface area contributed by atoms with Crippen molar-refractivity contribution in [1.82, 2.24) is 0 Å². The number of aliphatic hydroxyl groups is 1. The molecule has 0 aromatic heterocycles. The smallest absolute Gasteiger partial charge is 0.315 e. The van der Waals surface area contributed by atoms with Crippen LogP contribution in [0, 0.1) is 0 Å². The number of hydrogen-bond donors (Lipinski definition) is 1. The van der Waals surface area contributed by atoms with E-state index in [-0.39, 0.29) is 17.3 Å². The van der Waals surface area contributed by atoms with Gasteiger partial charge in [-0.05, 0) is 39.0 Å². The number of ether oxygens (including phenoxy) is 1. The van der Waals surface area contributed by atoms with Crippen molar-refractivity contribution in [2.45, 2.75) is 122 Å². The summed E-state index contributed by atoms with van der Waals surface area (Å²) in [5.41, 5.74) is 1.35. The Morgan fingerprint density at radius 3 is 2.25 bits per heavy atom. The quantitative estimate of drug-likeness (QED) is 0.171. The van der Waals surface area contributed by atoms with Gasteiger partial charge >= 0.3 is 5.97 Å². The van der Waals surface area contributed by atoms with Gasteiger partial charge in [0.1, 0.15) is 0 Å². The van der Waals surface area contributed by atoms with E-state index < -0.39 is 0 Å². The lowest BCUT2D eigenvalue weighted by Crippen LogP contribution is -2.30. The predicted molar refractivity (Wildman–Crippen MR) is 122 cm³/mol. The molecule has 3 nitrogen and oxygen atoms in total. The number of rotatable bonds is 16. The second kappa shape index (κ2) is 17.4. The Labute approximate surface area is 178 Å². The van der Waals surface area contributed by atoms with Crippen LogP contribution in [0.25, 0.3) is 0 Å². The SMILES string of the molecule is CCCCCCCCCCCCCC=C1CCCC(O)C1SCC(=O)OCC. The van der Waals surface area contributed by atoms with Crippen molar-refractivity contribution in [3.8, 4) is 0 Å². The summed E-state index contributed by atoms with van der Waals surface area (Å²) in [5.74, 6) is 0.167. The zero-order valence-corrected chi connectivity index (χ0v) is 19.2. The van der Waals surface area contributed by atoms with Crippen molar-refractivity contribution in [2.75, 3.05) is 12.4 Å². The van der Waals surface area contributed by atoms with E-state index in [9.17, 15) is 9.90 Å². The maximum absolute atomic E-state index is 11.6. The van der Waals surface area contributed by atoms with E-state index in [1.54, 1.807) is 11.8 Å². The number of hydrogen-bond acceptors (Lipinski definition) is 4. The van der Waals surface area contributed by atoms with E-state index in [0.717, 1.165) is 25.7 Å². The molecular weight excluding hydrogens is 368 g/mol. The van der Waals surface area contributed by atoms with Crippen LogP contribution in [0.15, 0.2) is 11.6 Å². The Bertz CT molecular complexity index is 422. The summed E-state index contributed by atoms with van der Waals surface area (Å²) >= 11 is 1.55. The first-order chi connectivity index (χ1) is 13.7. The monoisotopic (exact) mass is 412 g/mol. The molecule has 0 saturated heterocycles. The molecule has 1 aliphatic rings. The van der Waals surface area contributed by atoms with Crippen molar-refractivity contribution >= 4 is 17.7 Å². The van der Waals surface area contributed by atoms with Gasteiger partial charge in [0.2, 0.25) is 0 Å². The Morgan fingerprint density at radius 2 is 1.64 bits per heavy atom. The lowest BCUT2D eigenvalue weighted by molar-refractivity contribution is -0.139. The second-order valence-electron chi connectivity index (χ2n) is 8.10.